The fourth-order valence-electron chi connectivity index (χ4n) is 2.21. The van der Waals surface area contributed by atoms with Crippen LogP contribution in [0.25, 0.3) is 10.4 Å². The summed E-state index contributed by atoms with van der Waals surface area (Å²) in [6, 6.07) is 9.83. The van der Waals surface area contributed by atoms with Crippen LogP contribution in [0.4, 0.5) is 4.39 Å². The van der Waals surface area contributed by atoms with Gasteiger partial charge >= 0.3 is 0 Å². The molecule has 0 saturated carbocycles. The Morgan fingerprint density at radius 2 is 2.00 bits per heavy atom. The number of nitrogens with one attached hydrogen (secondary N) is 1. The largest absolute Gasteiger partial charge is 0.309 e. The molecule has 1 heterocycles. The van der Waals surface area contributed by atoms with Gasteiger partial charge in [-0.3, -0.25) is 0 Å². The smallest absolute Gasteiger partial charge is 0.137 e. The number of thiophene rings is 1. The fraction of sp³-hybridized carbons (Fsp3) is 0.375. The van der Waals surface area contributed by atoms with E-state index in [1.54, 1.807) is 11.3 Å². The summed E-state index contributed by atoms with van der Waals surface area (Å²) >= 11 is 5.02. The summed E-state index contributed by atoms with van der Waals surface area (Å²) in [4.78, 5) is 2.50. The number of halogens is 2. The minimum atomic E-state index is -0.224. The molecular formula is C16H19BrFNS. The van der Waals surface area contributed by atoms with E-state index in [1.165, 1.54) is 15.8 Å². The molecule has 0 aliphatic rings. The summed E-state index contributed by atoms with van der Waals surface area (Å²) in [6.07, 6.45) is 0. The van der Waals surface area contributed by atoms with Crippen molar-refractivity contribution in [2.75, 3.05) is 6.54 Å². The van der Waals surface area contributed by atoms with Gasteiger partial charge in [-0.05, 0) is 58.2 Å². The zero-order valence-corrected chi connectivity index (χ0v) is 14.3. The van der Waals surface area contributed by atoms with E-state index in [9.17, 15) is 4.39 Å². The normalized spacial score (nSPS) is 12.9. The molecule has 1 aromatic heterocycles. The molecule has 1 unspecified atom stereocenters. The summed E-state index contributed by atoms with van der Waals surface area (Å²) in [7, 11) is 0. The summed E-state index contributed by atoms with van der Waals surface area (Å²) in [5.41, 5.74) is 1.05. The number of hydrogen-bond acceptors (Lipinski definition) is 2. The molecule has 1 nitrogen and oxygen atoms in total. The SMILES string of the molecule is CCNC(c1ccc(-c2ccc(F)c(Br)c2)s1)C(C)C. The van der Waals surface area contributed by atoms with Crippen LogP contribution in [0.3, 0.4) is 0 Å². The standard InChI is InChI=1S/C16H19BrFNS/c1-4-19-16(10(2)3)15-8-7-14(20-15)11-5-6-13(18)12(17)9-11/h5-10,16,19H,4H2,1-3H3. The zero-order valence-electron chi connectivity index (χ0n) is 11.9. The Hall–Kier alpha value is -0.710. The highest BCUT2D eigenvalue weighted by molar-refractivity contribution is 9.10. The van der Waals surface area contributed by atoms with Crippen LogP contribution >= 0.6 is 27.3 Å². The summed E-state index contributed by atoms with van der Waals surface area (Å²) < 4.78 is 13.8. The maximum Gasteiger partial charge on any atom is 0.137 e. The molecule has 0 amide bonds. The van der Waals surface area contributed by atoms with E-state index >= 15 is 0 Å². The van der Waals surface area contributed by atoms with Crippen molar-refractivity contribution in [1.29, 1.82) is 0 Å². The third kappa shape index (κ3) is 3.48. The van der Waals surface area contributed by atoms with E-state index in [-0.39, 0.29) is 5.82 Å². The molecule has 0 aliphatic heterocycles. The Bertz CT molecular complexity index is 580. The number of benzene rings is 1. The highest BCUT2D eigenvalue weighted by Crippen LogP contribution is 2.35. The second kappa shape index (κ2) is 6.83. The third-order valence-electron chi connectivity index (χ3n) is 3.23. The van der Waals surface area contributed by atoms with Gasteiger partial charge in [0.1, 0.15) is 5.82 Å². The van der Waals surface area contributed by atoms with Gasteiger partial charge in [0.05, 0.1) is 4.47 Å². The Balaban J connectivity index is 2.29. The van der Waals surface area contributed by atoms with Crippen LogP contribution in [0.1, 0.15) is 31.7 Å². The van der Waals surface area contributed by atoms with E-state index in [2.05, 4.69) is 54.2 Å². The molecule has 20 heavy (non-hydrogen) atoms. The van der Waals surface area contributed by atoms with Gasteiger partial charge in [0.15, 0.2) is 0 Å². The topological polar surface area (TPSA) is 12.0 Å². The molecule has 0 radical (unpaired) electrons. The highest BCUT2D eigenvalue weighted by Gasteiger charge is 2.17. The molecule has 0 spiro atoms. The minimum Gasteiger partial charge on any atom is -0.309 e. The van der Waals surface area contributed by atoms with Crippen LogP contribution in [0.2, 0.25) is 0 Å². The molecule has 2 aromatic rings. The van der Waals surface area contributed by atoms with E-state index in [1.807, 2.05) is 12.1 Å². The predicted octanol–water partition coefficient (Wildman–Crippen LogP) is 5.62. The lowest BCUT2D eigenvalue weighted by Gasteiger charge is -2.20. The first-order valence-corrected chi connectivity index (χ1v) is 8.42. The van der Waals surface area contributed by atoms with Gasteiger partial charge in [0.2, 0.25) is 0 Å². The van der Waals surface area contributed by atoms with Crippen molar-refractivity contribution in [2.24, 2.45) is 5.92 Å². The van der Waals surface area contributed by atoms with Gasteiger partial charge in [-0.25, -0.2) is 4.39 Å². The summed E-state index contributed by atoms with van der Waals surface area (Å²) in [5, 5.41) is 3.52. The molecular weight excluding hydrogens is 337 g/mol. The molecule has 0 aliphatic carbocycles. The summed E-state index contributed by atoms with van der Waals surface area (Å²) in [6.45, 7) is 7.53. The van der Waals surface area contributed by atoms with Gasteiger partial charge in [0.25, 0.3) is 0 Å². The van der Waals surface area contributed by atoms with Gasteiger partial charge in [-0.15, -0.1) is 11.3 Å². The lowest BCUT2D eigenvalue weighted by molar-refractivity contribution is 0.428. The van der Waals surface area contributed by atoms with E-state index in [0.717, 1.165) is 12.1 Å². The van der Waals surface area contributed by atoms with Gasteiger partial charge in [-0.1, -0.05) is 26.8 Å². The van der Waals surface area contributed by atoms with E-state index in [4.69, 9.17) is 0 Å². The highest BCUT2D eigenvalue weighted by atomic mass is 79.9. The molecule has 4 heteroatoms. The lowest BCUT2D eigenvalue weighted by Crippen LogP contribution is -2.24. The van der Waals surface area contributed by atoms with Gasteiger partial charge in [0, 0.05) is 15.8 Å². The molecule has 0 bridgehead atoms. The quantitative estimate of drug-likeness (QED) is 0.733. The van der Waals surface area contributed by atoms with Crippen molar-refractivity contribution in [3.05, 3.63) is 45.5 Å². The van der Waals surface area contributed by atoms with Crippen LogP contribution < -0.4 is 5.32 Å². The Morgan fingerprint density at radius 3 is 2.60 bits per heavy atom. The predicted molar refractivity (Wildman–Crippen MR) is 88.7 cm³/mol. The summed E-state index contributed by atoms with van der Waals surface area (Å²) in [5.74, 6) is 0.319. The molecule has 1 N–H and O–H groups in total. The van der Waals surface area contributed by atoms with Crippen LogP contribution in [-0.2, 0) is 0 Å². The van der Waals surface area contributed by atoms with Crippen LogP contribution in [-0.4, -0.2) is 6.54 Å². The average Bonchev–Trinajstić information content (AvgIpc) is 2.88. The maximum absolute atomic E-state index is 13.3. The monoisotopic (exact) mass is 355 g/mol. The molecule has 1 atom stereocenters. The molecule has 108 valence electrons. The van der Waals surface area contributed by atoms with Crippen LogP contribution in [0.15, 0.2) is 34.8 Å². The van der Waals surface area contributed by atoms with Crippen molar-refractivity contribution in [2.45, 2.75) is 26.8 Å². The first-order chi connectivity index (χ1) is 9.52. The molecule has 2 rings (SSSR count). The van der Waals surface area contributed by atoms with Crippen LogP contribution in [0, 0.1) is 11.7 Å². The average molecular weight is 356 g/mol. The van der Waals surface area contributed by atoms with E-state index in [0.29, 0.717) is 16.4 Å². The Labute approximate surface area is 132 Å². The Morgan fingerprint density at radius 1 is 1.25 bits per heavy atom. The minimum absolute atomic E-state index is 0.224. The lowest BCUT2D eigenvalue weighted by atomic mass is 10.0. The molecule has 0 saturated heterocycles. The van der Waals surface area contributed by atoms with Crippen molar-refractivity contribution in [3.8, 4) is 10.4 Å². The van der Waals surface area contributed by atoms with Crippen LogP contribution in [0.5, 0.6) is 0 Å². The molecule has 0 fully saturated rings. The third-order valence-corrected chi connectivity index (χ3v) is 5.05. The second-order valence-corrected chi connectivity index (χ2v) is 7.08. The van der Waals surface area contributed by atoms with Crippen molar-refractivity contribution >= 4 is 27.3 Å². The zero-order chi connectivity index (χ0) is 14.7. The first kappa shape index (κ1) is 15.7. The van der Waals surface area contributed by atoms with Gasteiger partial charge in [-0.2, -0.15) is 0 Å². The van der Waals surface area contributed by atoms with Crippen molar-refractivity contribution in [1.82, 2.24) is 5.32 Å². The maximum atomic E-state index is 13.3. The van der Waals surface area contributed by atoms with Gasteiger partial charge < -0.3 is 5.32 Å². The second-order valence-electron chi connectivity index (χ2n) is 5.11. The van der Waals surface area contributed by atoms with E-state index < -0.39 is 0 Å². The number of hydrogen-bond donors (Lipinski definition) is 1. The fourth-order valence-corrected chi connectivity index (χ4v) is 3.84. The van der Waals surface area contributed by atoms with Crippen molar-refractivity contribution in [3.63, 3.8) is 0 Å². The number of rotatable bonds is 5. The van der Waals surface area contributed by atoms with Crippen molar-refractivity contribution < 1.29 is 4.39 Å². The first-order valence-electron chi connectivity index (χ1n) is 6.81. The Kier molecular flexibility index (Phi) is 5.35. The molecule has 1 aromatic carbocycles.